The van der Waals surface area contributed by atoms with Gasteiger partial charge in [-0.05, 0) is 37.0 Å². The number of aryl methyl sites for hydroxylation is 2. The molecule has 0 fully saturated rings. The highest BCUT2D eigenvalue weighted by Crippen LogP contribution is 2.25. The number of amides is 3. The van der Waals surface area contributed by atoms with Crippen LogP contribution in [-0.2, 0) is 22.4 Å². The SMILES string of the molecule is CNC(=O)CCCNC(=O)c1sc(NC(C)=O)nc1CCc1ccc(N=C(N)N)cc1. The van der Waals surface area contributed by atoms with Crippen molar-refractivity contribution in [1.29, 1.82) is 0 Å². The van der Waals surface area contributed by atoms with Crippen molar-refractivity contribution in [2.75, 3.05) is 18.9 Å². The van der Waals surface area contributed by atoms with Crippen LogP contribution < -0.4 is 27.4 Å². The molecule has 0 aliphatic rings. The molecule has 0 atom stereocenters. The van der Waals surface area contributed by atoms with E-state index in [1.54, 1.807) is 19.2 Å². The molecule has 0 aliphatic heterocycles. The molecule has 0 saturated carbocycles. The Morgan fingerprint density at radius 3 is 2.45 bits per heavy atom. The van der Waals surface area contributed by atoms with E-state index in [2.05, 4.69) is 25.9 Å². The molecular weight excluding hydrogens is 418 g/mol. The Kier molecular flexibility index (Phi) is 8.94. The van der Waals surface area contributed by atoms with Gasteiger partial charge in [0, 0.05) is 26.9 Å². The number of nitrogens with zero attached hydrogens (tertiary/aromatic N) is 2. The van der Waals surface area contributed by atoms with Gasteiger partial charge < -0.3 is 27.4 Å². The quantitative estimate of drug-likeness (QED) is 0.208. The minimum Gasteiger partial charge on any atom is -0.370 e. The third-order valence-corrected chi connectivity index (χ3v) is 5.19. The van der Waals surface area contributed by atoms with Crippen LogP contribution in [0, 0.1) is 0 Å². The maximum atomic E-state index is 12.6. The molecule has 7 N–H and O–H groups in total. The molecule has 0 radical (unpaired) electrons. The number of hydrogen-bond donors (Lipinski definition) is 5. The summed E-state index contributed by atoms with van der Waals surface area (Å²) >= 11 is 1.13. The van der Waals surface area contributed by atoms with E-state index in [1.807, 2.05) is 12.1 Å². The van der Waals surface area contributed by atoms with Gasteiger partial charge in [0.2, 0.25) is 11.8 Å². The predicted molar refractivity (Wildman–Crippen MR) is 121 cm³/mol. The van der Waals surface area contributed by atoms with Crippen molar-refractivity contribution in [3.63, 3.8) is 0 Å². The summed E-state index contributed by atoms with van der Waals surface area (Å²) in [5.74, 6) is -0.615. The fourth-order valence-corrected chi connectivity index (χ4v) is 3.68. The van der Waals surface area contributed by atoms with Crippen molar-refractivity contribution in [3.05, 3.63) is 40.4 Å². The van der Waals surface area contributed by atoms with Crippen LogP contribution in [0.2, 0.25) is 0 Å². The Hall–Kier alpha value is -3.47. The highest BCUT2D eigenvalue weighted by atomic mass is 32.1. The van der Waals surface area contributed by atoms with Gasteiger partial charge in [-0.25, -0.2) is 9.98 Å². The van der Waals surface area contributed by atoms with Crippen LogP contribution in [0.5, 0.6) is 0 Å². The van der Waals surface area contributed by atoms with Gasteiger partial charge in [-0.3, -0.25) is 14.4 Å². The summed E-state index contributed by atoms with van der Waals surface area (Å²) in [4.78, 5) is 44.2. The molecule has 0 spiro atoms. The second kappa shape index (κ2) is 11.6. The normalized spacial score (nSPS) is 10.3. The number of benzene rings is 1. The van der Waals surface area contributed by atoms with E-state index in [9.17, 15) is 14.4 Å². The lowest BCUT2D eigenvalue weighted by atomic mass is 10.1. The number of aromatic nitrogens is 1. The van der Waals surface area contributed by atoms with Gasteiger partial charge in [0.05, 0.1) is 11.4 Å². The molecule has 2 rings (SSSR count). The van der Waals surface area contributed by atoms with Crippen LogP contribution in [0.15, 0.2) is 29.3 Å². The fourth-order valence-electron chi connectivity index (χ4n) is 2.71. The summed E-state index contributed by atoms with van der Waals surface area (Å²) < 4.78 is 0. The van der Waals surface area contributed by atoms with Gasteiger partial charge in [0.25, 0.3) is 5.91 Å². The average molecular weight is 446 g/mol. The van der Waals surface area contributed by atoms with E-state index >= 15 is 0 Å². The van der Waals surface area contributed by atoms with Crippen molar-refractivity contribution >= 4 is 45.8 Å². The monoisotopic (exact) mass is 445 g/mol. The minimum atomic E-state index is -0.274. The van der Waals surface area contributed by atoms with E-state index in [-0.39, 0.29) is 23.7 Å². The molecule has 1 heterocycles. The van der Waals surface area contributed by atoms with Crippen LogP contribution in [0.3, 0.4) is 0 Å². The number of carbonyl (C=O) groups excluding carboxylic acids is 3. The van der Waals surface area contributed by atoms with Crippen molar-refractivity contribution in [2.24, 2.45) is 16.5 Å². The average Bonchev–Trinajstić information content (AvgIpc) is 3.11. The Morgan fingerprint density at radius 1 is 1.13 bits per heavy atom. The Labute approximate surface area is 184 Å². The van der Waals surface area contributed by atoms with Gasteiger partial charge in [-0.15, -0.1) is 0 Å². The van der Waals surface area contributed by atoms with Gasteiger partial charge in [-0.2, -0.15) is 0 Å². The largest absolute Gasteiger partial charge is 0.370 e. The van der Waals surface area contributed by atoms with Crippen molar-refractivity contribution in [1.82, 2.24) is 15.6 Å². The summed E-state index contributed by atoms with van der Waals surface area (Å²) in [5, 5.41) is 8.36. The Bertz CT molecular complexity index is 950. The van der Waals surface area contributed by atoms with E-state index in [0.29, 0.717) is 53.6 Å². The number of hydrogen-bond acceptors (Lipinski definition) is 6. The molecule has 0 aliphatic carbocycles. The zero-order valence-corrected chi connectivity index (χ0v) is 18.3. The Balaban J connectivity index is 2.05. The van der Waals surface area contributed by atoms with Crippen LogP contribution in [0.25, 0.3) is 0 Å². The molecule has 0 unspecified atom stereocenters. The number of carbonyl (C=O) groups is 3. The standard InChI is InChI=1S/C20H27N7O3S/c1-12(28)25-20-27-15(10-7-13-5-8-14(9-6-13)26-19(21)22)17(31-20)18(30)24-11-3-4-16(29)23-2/h5-6,8-9H,3-4,7,10-11H2,1-2H3,(H,23,29)(H,24,30)(H4,21,22,26)(H,25,27,28). The summed E-state index contributed by atoms with van der Waals surface area (Å²) in [5.41, 5.74) is 13.0. The van der Waals surface area contributed by atoms with Crippen LogP contribution >= 0.6 is 11.3 Å². The maximum Gasteiger partial charge on any atom is 0.263 e. The second-order valence-corrected chi connectivity index (χ2v) is 7.71. The molecule has 31 heavy (non-hydrogen) atoms. The predicted octanol–water partition coefficient (Wildman–Crippen LogP) is 1.05. The molecule has 166 valence electrons. The van der Waals surface area contributed by atoms with Crippen molar-refractivity contribution in [3.8, 4) is 0 Å². The first-order valence-electron chi connectivity index (χ1n) is 9.73. The summed E-state index contributed by atoms with van der Waals surface area (Å²) in [6.45, 7) is 1.75. The lowest BCUT2D eigenvalue weighted by Gasteiger charge is -2.06. The maximum absolute atomic E-state index is 12.6. The van der Waals surface area contributed by atoms with Gasteiger partial charge in [-0.1, -0.05) is 23.5 Å². The molecule has 2 aromatic rings. The number of nitrogens with two attached hydrogens (primary N) is 2. The third kappa shape index (κ3) is 8.05. The van der Waals surface area contributed by atoms with E-state index in [0.717, 1.165) is 16.9 Å². The van der Waals surface area contributed by atoms with Crippen LogP contribution in [0.4, 0.5) is 10.8 Å². The summed E-state index contributed by atoms with van der Waals surface area (Å²) in [6, 6.07) is 7.42. The molecule has 0 bridgehead atoms. The lowest BCUT2D eigenvalue weighted by molar-refractivity contribution is -0.120. The molecular formula is C20H27N7O3S. The smallest absolute Gasteiger partial charge is 0.263 e. The Morgan fingerprint density at radius 2 is 1.84 bits per heavy atom. The highest BCUT2D eigenvalue weighted by Gasteiger charge is 2.18. The molecule has 0 saturated heterocycles. The van der Waals surface area contributed by atoms with E-state index < -0.39 is 0 Å². The first-order valence-corrected chi connectivity index (χ1v) is 10.5. The molecule has 1 aromatic heterocycles. The third-order valence-electron chi connectivity index (χ3n) is 4.18. The number of aliphatic imine (C=N–C) groups is 1. The first-order chi connectivity index (χ1) is 14.8. The molecule has 11 heteroatoms. The fraction of sp³-hybridized carbons (Fsp3) is 0.350. The summed E-state index contributed by atoms with van der Waals surface area (Å²) in [7, 11) is 1.57. The number of rotatable bonds is 10. The highest BCUT2D eigenvalue weighted by molar-refractivity contribution is 7.17. The number of nitrogens with one attached hydrogen (secondary N) is 3. The van der Waals surface area contributed by atoms with Gasteiger partial charge in [0.15, 0.2) is 11.1 Å². The minimum absolute atomic E-state index is 0.00768. The number of thiazole rings is 1. The molecule has 3 amide bonds. The molecule has 10 nitrogen and oxygen atoms in total. The van der Waals surface area contributed by atoms with Crippen molar-refractivity contribution in [2.45, 2.75) is 32.6 Å². The lowest BCUT2D eigenvalue weighted by Crippen LogP contribution is -2.26. The van der Waals surface area contributed by atoms with Crippen LogP contribution in [0.1, 0.15) is 40.7 Å². The summed E-state index contributed by atoms with van der Waals surface area (Å²) in [6.07, 6.45) is 2.01. The van der Waals surface area contributed by atoms with E-state index in [4.69, 9.17) is 11.5 Å². The van der Waals surface area contributed by atoms with Gasteiger partial charge >= 0.3 is 0 Å². The molecule has 1 aromatic carbocycles. The number of anilines is 1. The van der Waals surface area contributed by atoms with Gasteiger partial charge in [0.1, 0.15) is 4.88 Å². The van der Waals surface area contributed by atoms with Crippen LogP contribution in [-0.4, -0.2) is 42.3 Å². The zero-order chi connectivity index (χ0) is 22.8. The zero-order valence-electron chi connectivity index (χ0n) is 17.5. The topological polar surface area (TPSA) is 165 Å². The van der Waals surface area contributed by atoms with Crippen molar-refractivity contribution < 1.29 is 14.4 Å². The number of guanidine groups is 1. The first kappa shape index (κ1) is 23.8. The van der Waals surface area contributed by atoms with E-state index in [1.165, 1.54) is 6.92 Å². The second-order valence-electron chi connectivity index (χ2n) is 6.71.